The second-order valence-corrected chi connectivity index (χ2v) is 5.38. The van der Waals surface area contributed by atoms with Crippen LogP contribution in [0.5, 0.6) is 5.75 Å². The van der Waals surface area contributed by atoms with Crippen LogP contribution >= 0.6 is 0 Å². The van der Waals surface area contributed by atoms with Crippen molar-refractivity contribution >= 4 is 0 Å². The van der Waals surface area contributed by atoms with E-state index in [2.05, 4.69) is 10.2 Å². The molecule has 2 aromatic rings. The van der Waals surface area contributed by atoms with Crippen molar-refractivity contribution in [3.63, 3.8) is 0 Å². The lowest BCUT2D eigenvalue weighted by molar-refractivity contribution is 0.214. The van der Waals surface area contributed by atoms with Crippen molar-refractivity contribution < 1.29 is 9.84 Å². The maximum Gasteiger partial charge on any atom is 0.120 e. The zero-order chi connectivity index (χ0) is 15.4. The van der Waals surface area contributed by atoms with E-state index in [0.717, 1.165) is 34.7 Å². The summed E-state index contributed by atoms with van der Waals surface area (Å²) in [5.74, 6) is 0.762. The average molecular weight is 286 g/mol. The fraction of sp³-hybridized carbons (Fsp3) is 0.412. The highest BCUT2D eigenvalue weighted by molar-refractivity contribution is 5.37. The van der Waals surface area contributed by atoms with Gasteiger partial charge in [0.2, 0.25) is 0 Å². The molecule has 0 aliphatic carbocycles. The second kappa shape index (κ2) is 6.68. The molecule has 0 fully saturated rings. The summed E-state index contributed by atoms with van der Waals surface area (Å²) in [5, 5.41) is 18.9. The highest BCUT2D eigenvalue weighted by atomic mass is 16.5. The first-order chi connectivity index (χ1) is 10.0. The van der Waals surface area contributed by atoms with E-state index < -0.39 is 6.10 Å². The minimum absolute atomic E-state index is 0.105. The Kier molecular flexibility index (Phi) is 4.91. The molecule has 4 nitrogen and oxygen atoms in total. The van der Waals surface area contributed by atoms with Crippen LogP contribution in [0, 0.1) is 6.92 Å². The number of aliphatic hydroxyl groups is 1. The van der Waals surface area contributed by atoms with Crippen molar-refractivity contribution in [3.8, 4) is 5.75 Å². The van der Waals surface area contributed by atoms with Crippen LogP contribution in [-0.4, -0.2) is 21.4 Å². The Balaban J connectivity index is 2.35. The standard InChI is InChI=1S/C17H22N2O2/c1-5-16-15(9-12(4)18-19-16)17(20)13-7-6-8-14(10-13)21-11(2)3/h6-11,17,20H,5H2,1-4H3. The van der Waals surface area contributed by atoms with Crippen LogP contribution in [0.25, 0.3) is 0 Å². The molecule has 1 aromatic heterocycles. The van der Waals surface area contributed by atoms with Gasteiger partial charge in [-0.1, -0.05) is 19.1 Å². The van der Waals surface area contributed by atoms with E-state index in [-0.39, 0.29) is 6.10 Å². The first kappa shape index (κ1) is 15.4. The average Bonchev–Trinajstić information content (AvgIpc) is 2.46. The predicted molar refractivity (Wildman–Crippen MR) is 82.4 cm³/mol. The maximum absolute atomic E-state index is 10.7. The summed E-state index contributed by atoms with van der Waals surface area (Å²) in [6.07, 6.45) is 0.125. The van der Waals surface area contributed by atoms with E-state index in [1.165, 1.54) is 0 Å². The Hall–Kier alpha value is -1.94. The molecule has 2 rings (SSSR count). The van der Waals surface area contributed by atoms with Gasteiger partial charge in [0.15, 0.2) is 0 Å². The van der Waals surface area contributed by atoms with Crippen molar-refractivity contribution in [2.24, 2.45) is 0 Å². The third kappa shape index (κ3) is 3.79. The van der Waals surface area contributed by atoms with E-state index in [4.69, 9.17) is 4.74 Å². The first-order valence-electron chi connectivity index (χ1n) is 7.29. The number of aryl methyl sites for hydroxylation is 2. The molecule has 1 atom stereocenters. The van der Waals surface area contributed by atoms with Crippen LogP contribution in [0.3, 0.4) is 0 Å². The summed E-state index contributed by atoms with van der Waals surface area (Å²) in [6, 6.07) is 9.45. The smallest absolute Gasteiger partial charge is 0.120 e. The van der Waals surface area contributed by atoms with Crippen LogP contribution in [0.1, 0.15) is 49.4 Å². The molecule has 1 unspecified atom stereocenters. The molecule has 0 amide bonds. The largest absolute Gasteiger partial charge is 0.491 e. The summed E-state index contributed by atoms with van der Waals surface area (Å²) < 4.78 is 5.68. The molecule has 1 N–H and O–H groups in total. The summed E-state index contributed by atoms with van der Waals surface area (Å²) in [7, 11) is 0. The molecule has 1 heterocycles. The monoisotopic (exact) mass is 286 g/mol. The first-order valence-corrected chi connectivity index (χ1v) is 7.29. The molecule has 0 bridgehead atoms. The Morgan fingerprint density at radius 1 is 1.19 bits per heavy atom. The number of nitrogens with zero attached hydrogens (tertiary/aromatic N) is 2. The molecule has 21 heavy (non-hydrogen) atoms. The third-order valence-electron chi connectivity index (χ3n) is 3.20. The molecule has 0 saturated heterocycles. The number of ether oxygens (including phenoxy) is 1. The Bertz CT molecular complexity index is 611. The maximum atomic E-state index is 10.7. The number of hydrogen-bond donors (Lipinski definition) is 1. The normalized spacial score (nSPS) is 12.5. The number of hydrogen-bond acceptors (Lipinski definition) is 4. The van der Waals surface area contributed by atoms with Crippen LogP contribution in [0.2, 0.25) is 0 Å². The van der Waals surface area contributed by atoms with Gasteiger partial charge in [-0.2, -0.15) is 10.2 Å². The number of aromatic nitrogens is 2. The second-order valence-electron chi connectivity index (χ2n) is 5.38. The molecule has 0 aliphatic rings. The van der Waals surface area contributed by atoms with Gasteiger partial charge in [0, 0.05) is 5.56 Å². The third-order valence-corrected chi connectivity index (χ3v) is 3.20. The van der Waals surface area contributed by atoms with Gasteiger partial charge in [-0.25, -0.2) is 0 Å². The zero-order valence-electron chi connectivity index (χ0n) is 13.0. The minimum atomic E-state index is -0.718. The summed E-state index contributed by atoms with van der Waals surface area (Å²) in [6.45, 7) is 7.84. The van der Waals surface area contributed by atoms with Gasteiger partial charge < -0.3 is 9.84 Å². The molecule has 1 aromatic carbocycles. The van der Waals surface area contributed by atoms with Gasteiger partial charge >= 0.3 is 0 Å². The SMILES string of the molecule is CCc1nnc(C)cc1C(O)c1cccc(OC(C)C)c1. The molecule has 4 heteroatoms. The molecule has 0 radical (unpaired) electrons. The van der Waals surface area contributed by atoms with Crippen molar-refractivity contribution in [1.29, 1.82) is 0 Å². The predicted octanol–water partition coefficient (Wildman–Crippen LogP) is 3.22. The van der Waals surface area contributed by atoms with E-state index >= 15 is 0 Å². The lowest BCUT2D eigenvalue weighted by Crippen LogP contribution is -2.09. The van der Waals surface area contributed by atoms with E-state index in [0.29, 0.717) is 0 Å². The summed E-state index contributed by atoms with van der Waals surface area (Å²) in [5.41, 5.74) is 3.24. The number of aliphatic hydroxyl groups excluding tert-OH is 1. The van der Waals surface area contributed by atoms with Gasteiger partial charge in [0.25, 0.3) is 0 Å². The fourth-order valence-corrected chi connectivity index (χ4v) is 2.26. The van der Waals surface area contributed by atoms with Crippen LogP contribution < -0.4 is 4.74 Å². The Morgan fingerprint density at radius 2 is 1.95 bits per heavy atom. The van der Waals surface area contributed by atoms with Gasteiger partial charge in [-0.05, 0) is 51.0 Å². The number of benzene rings is 1. The summed E-state index contributed by atoms with van der Waals surface area (Å²) in [4.78, 5) is 0. The van der Waals surface area contributed by atoms with E-state index in [1.54, 1.807) is 0 Å². The van der Waals surface area contributed by atoms with Gasteiger partial charge in [0.1, 0.15) is 11.9 Å². The fourth-order valence-electron chi connectivity index (χ4n) is 2.26. The van der Waals surface area contributed by atoms with Crippen molar-refractivity contribution in [2.45, 2.75) is 46.3 Å². The molecule has 0 saturated carbocycles. The van der Waals surface area contributed by atoms with Crippen molar-refractivity contribution in [3.05, 3.63) is 52.8 Å². The molecule has 112 valence electrons. The minimum Gasteiger partial charge on any atom is -0.491 e. The highest BCUT2D eigenvalue weighted by Gasteiger charge is 2.16. The quantitative estimate of drug-likeness (QED) is 0.917. The van der Waals surface area contributed by atoms with Gasteiger partial charge in [0.05, 0.1) is 17.5 Å². The molecular formula is C17H22N2O2. The highest BCUT2D eigenvalue weighted by Crippen LogP contribution is 2.27. The Labute approximate surface area is 125 Å². The van der Waals surface area contributed by atoms with E-state index in [1.807, 2.05) is 58.0 Å². The van der Waals surface area contributed by atoms with Crippen LogP contribution in [0.4, 0.5) is 0 Å². The Morgan fingerprint density at radius 3 is 2.62 bits per heavy atom. The van der Waals surface area contributed by atoms with Crippen molar-refractivity contribution in [2.75, 3.05) is 0 Å². The van der Waals surface area contributed by atoms with Gasteiger partial charge in [-0.3, -0.25) is 0 Å². The van der Waals surface area contributed by atoms with Crippen molar-refractivity contribution in [1.82, 2.24) is 10.2 Å². The van der Waals surface area contributed by atoms with Crippen LogP contribution in [-0.2, 0) is 6.42 Å². The number of rotatable bonds is 5. The lowest BCUT2D eigenvalue weighted by atomic mass is 9.99. The topological polar surface area (TPSA) is 55.2 Å². The van der Waals surface area contributed by atoms with Crippen LogP contribution in [0.15, 0.2) is 30.3 Å². The van der Waals surface area contributed by atoms with E-state index in [9.17, 15) is 5.11 Å². The molecule has 0 aliphatic heterocycles. The molecule has 0 spiro atoms. The lowest BCUT2D eigenvalue weighted by Gasteiger charge is -2.16. The molecular weight excluding hydrogens is 264 g/mol. The summed E-state index contributed by atoms with van der Waals surface area (Å²) >= 11 is 0. The zero-order valence-corrected chi connectivity index (χ0v) is 13.0. The van der Waals surface area contributed by atoms with Gasteiger partial charge in [-0.15, -0.1) is 0 Å².